The number of carbonyl (C=O) groups excluding carboxylic acids is 2. The highest BCUT2D eigenvalue weighted by Crippen LogP contribution is 2.43. The van der Waals surface area contributed by atoms with Crippen molar-refractivity contribution in [3.63, 3.8) is 0 Å². The molecule has 0 saturated carbocycles. The minimum absolute atomic E-state index is 0.156. The van der Waals surface area contributed by atoms with E-state index < -0.39 is 6.04 Å². The van der Waals surface area contributed by atoms with Crippen molar-refractivity contribution in [2.75, 3.05) is 25.7 Å². The molecule has 0 spiro atoms. The Morgan fingerprint density at radius 3 is 2.26 bits per heavy atom. The molecule has 34 heavy (non-hydrogen) atoms. The number of para-hydroxylation sites is 1. The maximum Gasteiger partial charge on any atom is 0.251 e. The van der Waals surface area contributed by atoms with Crippen LogP contribution in [0.15, 0.2) is 71.2 Å². The fourth-order valence-corrected chi connectivity index (χ4v) is 5.30. The number of methoxy groups -OCH3 is 2. The van der Waals surface area contributed by atoms with Gasteiger partial charge in [-0.05, 0) is 59.5 Å². The maximum atomic E-state index is 13.6. The van der Waals surface area contributed by atoms with E-state index in [2.05, 4.69) is 33.0 Å². The summed E-state index contributed by atoms with van der Waals surface area (Å²) in [5.74, 6) is 0.979. The molecular weight excluding hydrogens is 496 g/mol. The van der Waals surface area contributed by atoms with Gasteiger partial charge in [-0.2, -0.15) is 0 Å². The fourth-order valence-electron chi connectivity index (χ4n) is 5.04. The Kier molecular flexibility index (Phi) is 6.15. The van der Waals surface area contributed by atoms with Crippen molar-refractivity contribution in [1.29, 1.82) is 0 Å². The van der Waals surface area contributed by atoms with Gasteiger partial charge in [0, 0.05) is 11.0 Å². The van der Waals surface area contributed by atoms with E-state index in [-0.39, 0.29) is 24.3 Å². The highest BCUT2D eigenvalue weighted by molar-refractivity contribution is 9.10. The Morgan fingerprint density at radius 2 is 1.59 bits per heavy atom. The van der Waals surface area contributed by atoms with Crippen molar-refractivity contribution in [2.24, 2.45) is 0 Å². The zero-order valence-corrected chi connectivity index (χ0v) is 20.6. The van der Waals surface area contributed by atoms with Crippen LogP contribution in [0.25, 0.3) is 0 Å². The topological polar surface area (TPSA) is 59.1 Å². The van der Waals surface area contributed by atoms with Gasteiger partial charge in [0.1, 0.15) is 0 Å². The lowest BCUT2D eigenvalue weighted by molar-refractivity contribution is -0.123. The molecular formula is C27H25BrN2O4. The third kappa shape index (κ3) is 3.89. The summed E-state index contributed by atoms with van der Waals surface area (Å²) in [6.07, 6.45) is 0.898. The first kappa shape index (κ1) is 22.6. The van der Waals surface area contributed by atoms with Crippen LogP contribution < -0.4 is 14.4 Å². The zero-order valence-electron chi connectivity index (χ0n) is 19.0. The Morgan fingerprint density at radius 1 is 0.912 bits per heavy atom. The molecule has 2 amide bonds. The van der Waals surface area contributed by atoms with Crippen molar-refractivity contribution in [3.8, 4) is 11.5 Å². The molecule has 2 aliphatic heterocycles. The Balaban J connectivity index is 1.59. The van der Waals surface area contributed by atoms with Gasteiger partial charge >= 0.3 is 0 Å². The van der Waals surface area contributed by atoms with Crippen LogP contribution in [-0.2, 0) is 16.0 Å². The normalized spacial score (nSPS) is 20.4. The van der Waals surface area contributed by atoms with Crippen molar-refractivity contribution in [2.45, 2.75) is 24.9 Å². The summed E-state index contributed by atoms with van der Waals surface area (Å²) in [6.45, 7) is 0.648. The summed E-state index contributed by atoms with van der Waals surface area (Å²) in [5, 5.41) is 0. The van der Waals surface area contributed by atoms with E-state index in [4.69, 9.17) is 9.47 Å². The molecule has 174 valence electrons. The molecule has 0 N–H and O–H groups in total. The molecule has 0 unspecified atom stereocenters. The SMILES string of the molecule is COc1cc2c(cc1OC)[C@H](c1ccc(Br)cc1)N([C@H]1CC(=O)N(c3ccccc3)C1=O)CC2. The van der Waals surface area contributed by atoms with E-state index in [1.807, 2.05) is 42.5 Å². The van der Waals surface area contributed by atoms with E-state index in [1.54, 1.807) is 26.4 Å². The summed E-state index contributed by atoms with van der Waals surface area (Å²) in [4.78, 5) is 30.1. The van der Waals surface area contributed by atoms with Crippen LogP contribution in [-0.4, -0.2) is 43.5 Å². The molecule has 7 heteroatoms. The lowest BCUT2D eigenvalue weighted by Crippen LogP contribution is -2.47. The minimum atomic E-state index is -0.539. The van der Waals surface area contributed by atoms with Gasteiger partial charge in [-0.25, -0.2) is 4.90 Å². The Labute approximate surface area is 207 Å². The molecule has 2 heterocycles. The van der Waals surface area contributed by atoms with Gasteiger partial charge in [-0.15, -0.1) is 0 Å². The van der Waals surface area contributed by atoms with Crippen LogP contribution in [0.2, 0.25) is 0 Å². The van der Waals surface area contributed by atoms with Gasteiger partial charge < -0.3 is 9.47 Å². The summed E-state index contributed by atoms with van der Waals surface area (Å²) < 4.78 is 12.1. The second kappa shape index (κ2) is 9.24. The molecule has 2 aliphatic rings. The molecule has 0 radical (unpaired) electrons. The molecule has 0 bridgehead atoms. The monoisotopic (exact) mass is 520 g/mol. The summed E-state index contributed by atoms with van der Waals surface area (Å²) in [5.41, 5.74) is 3.88. The highest BCUT2D eigenvalue weighted by atomic mass is 79.9. The predicted octanol–water partition coefficient (Wildman–Crippen LogP) is 4.75. The van der Waals surface area contributed by atoms with Crippen molar-refractivity contribution in [1.82, 2.24) is 4.90 Å². The first-order chi connectivity index (χ1) is 16.5. The summed E-state index contributed by atoms with van der Waals surface area (Å²) >= 11 is 3.52. The average molecular weight is 521 g/mol. The quantitative estimate of drug-likeness (QED) is 0.454. The number of nitrogens with zero attached hydrogens (tertiary/aromatic N) is 2. The van der Waals surface area contributed by atoms with Gasteiger partial charge in [0.25, 0.3) is 5.91 Å². The van der Waals surface area contributed by atoms with Crippen molar-refractivity contribution < 1.29 is 19.1 Å². The molecule has 2 atom stereocenters. The molecule has 1 fully saturated rings. The van der Waals surface area contributed by atoms with Crippen LogP contribution in [0.3, 0.4) is 0 Å². The second-order valence-corrected chi connectivity index (χ2v) is 9.39. The number of imide groups is 1. The second-order valence-electron chi connectivity index (χ2n) is 8.47. The van der Waals surface area contributed by atoms with Crippen molar-refractivity contribution >= 4 is 33.4 Å². The number of halogens is 1. The third-order valence-corrected chi connectivity index (χ3v) is 7.16. The number of hydrogen-bond acceptors (Lipinski definition) is 5. The van der Waals surface area contributed by atoms with Crippen LogP contribution in [0.4, 0.5) is 5.69 Å². The number of rotatable bonds is 5. The number of hydrogen-bond donors (Lipinski definition) is 0. The number of ether oxygens (including phenoxy) is 2. The minimum Gasteiger partial charge on any atom is -0.493 e. The van der Waals surface area contributed by atoms with Crippen LogP contribution in [0.5, 0.6) is 11.5 Å². The number of benzene rings is 3. The van der Waals surface area contributed by atoms with Gasteiger partial charge in [-0.1, -0.05) is 46.3 Å². The average Bonchev–Trinajstić information content (AvgIpc) is 3.16. The van der Waals surface area contributed by atoms with E-state index in [0.29, 0.717) is 23.7 Å². The number of anilines is 1. The third-order valence-electron chi connectivity index (χ3n) is 6.63. The Hall–Kier alpha value is -3.16. The number of amides is 2. The molecule has 5 rings (SSSR count). The van der Waals surface area contributed by atoms with Crippen LogP contribution in [0.1, 0.15) is 29.2 Å². The number of carbonyl (C=O) groups is 2. The van der Waals surface area contributed by atoms with Gasteiger partial charge in [0.05, 0.1) is 38.4 Å². The maximum absolute atomic E-state index is 13.6. The largest absolute Gasteiger partial charge is 0.493 e. The molecule has 3 aromatic carbocycles. The standard InChI is InChI=1S/C27H25BrN2O4/c1-33-23-14-18-12-13-29(22-16-25(31)30(27(22)32)20-6-4-3-5-7-20)26(21(18)15-24(23)34-2)17-8-10-19(28)11-9-17/h3-11,14-15,22,26H,12-13,16H2,1-2H3/t22-,26-/m0/s1. The lowest BCUT2D eigenvalue weighted by atomic mass is 9.86. The van der Waals surface area contributed by atoms with Gasteiger partial charge in [0.15, 0.2) is 11.5 Å². The summed E-state index contributed by atoms with van der Waals surface area (Å²) in [7, 11) is 3.25. The van der Waals surface area contributed by atoms with Crippen LogP contribution in [0, 0.1) is 0 Å². The fraction of sp³-hybridized carbons (Fsp3) is 0.259. The van der Waals surface area contributed by atoms with E-state index in [1.165, 1.54) is 4.90 Å². The molecule has 3 aromatic rings. The number of fused-ring (bicyclic) bond motifs is 1. The van der Waals surface area contributed by atoms with E-state index in [0.717, 1.165) is 27.6 Å². The van der Waals surface area contributed by atoms with Gasteiger partial charge in [-0.3, -0.25) is 14.5 Å². The van der Waals surface area contributed by atoms with E-state index >= 15 is 0 Å². The summed E-state index contributed by atoms with van der Waals surface area (Å²) in [6, 6.07) is 20.6. The smallest absolute Gasteiger partial charge is 0.251 e. The first-order valence-corrected chi connectivity index (χ1v) is 12.0. The van der Waals surface area contributed by atoms with Crippen molar-refractivity contribution in [3.05, 3.63) is 87.9 Å². The molecule has 0 aromatic heterocycles. The lowest BCUT2D eigenvalue weighted by Gasteiger charge is -2.40. The van der Waals surface area contributed by atoms with Crippen LogP contribution >= 0.6 is 15.9 Å². The first-order valence-electron chi connectivity index (χ1n) is 11.2. The molecule has 0 aliphatic carbocycles. The van der Waals surface area contributed by atoms with E-state index in [9.17, 15) is 9.59 Å². The predicted molar refractivity (Wildman–Crippen MR) is 133 cm³/mol. The van der Waals surface area contributed by atoms with Gasteiger partial charge in [0.2, 0.25) is 5.91 Å². The molecule has 6 nitrogen and oxygen atoms in total. The Bertz CT molecular complexity index is 1230. The highest BCUT2D eigenvalue weighted by Gasteiger charge is 2.46. The zero-order chi connectivity index (χ0) is 23.8. The molecule has 1 saturated heterocycles.